The van der Waals surface area contributed by atoms with Gasteiger partial charge in [-0.3, -0.25) is 9.69 Å². The SMILES string of the molecule is C=CCN1C(=O)/C(=C/c2ccc(OCCOc3ccc(Cl)c(C)c3)c(OCC)c2)SC1=S. The molecule has 1 saturated heterocycles. The number of hydrogen-bond donors (Lipinski definition) is 0. The second-order valence-electron chi connectivity index (χ2n) is 6.83. The van der Waals surface area contributed by atoms with E-state index in [1.54, 1.807) is 12.2 Å². The molecule has 0 saturated carbocycles. The van der Waals surface area contributed by atoms with Gasteiger partial charge in [0, 0.05) is 11.6 Å². The summed E-state index contributed by atoms with van der Waals surface area (Å²) in [5, 5.41) is 0.706. The highest BCUT2D eigenvalue weighted by atomic mass is 35.5. The molecule has 0 radical (unpaired) electrons. The summed E-state index contributed by atoms with van der Waals surface area (Å²) in [4.78, 5) is 14.6. The predicted octanol–water partition coefficient (Wildman–Crippen LogP) is 5.89. The van der Waals surface area contributed by atoms with Gasteiger partial charge in [-0.25, -0.2) is 0 Å². The lowest BCUT2D eigenvalue weighted by Crippen LogP contribution is -2.27. The van der Waals surface area contributed by atoms with Crippen LogP contribution in [0.2, 0.25) is 5.02 Å². The van der Waals surface area contributed by atoms with Gasteiger partial charge in [0.1, 0.15) is 23.3 Å². The molecule has 0 aliphatic carbocycles. The summed E-state index contributed by atoms with van der Waals surface area (Å²) in [5.41, 5.74) is 1.79. The van der Waals surface area contributed by atoms with Crippen LogP contribution in [0.5, 0.6) is 17.2 Å². The van der Waals surface area contributed by atoms with Gasteiger partial charge in [-0.2, -0.15) is 0 Å². The molecule has 32 heavy (non-hydrogen) atoms. The maximum absolute atomic E-state index is 12.5. The fourth-order valence-corrected chi connectivity index (χ4v) is 4.35. The fourth-order valence-electron chi connectivity index (χ4n) is 2.96. The van der Waals surface area contributed by atoms with Crippen LogP contribution in [0.4, 0.5) is 0 Å². The van der Waals surface area contributed by atoms with E-state index in [1.807, 2.05) is 50.2 Å². The molecule has 0 aromatic heterocycles. The molecule has 2 aromatic rings. The van der Waals surface area contributed by atoms with Gasteiger partial charge < -0.3 is 14.2 Å². The van der Waals surface area contributed by atoms with Gasteiger partial charge in [-0.15, -0.1) is 6.58 Å². The van der Waals surface area contributed by atoms with E-state index >= 15 is 0 Å². The Morgan fingerprint density at radius 1 is 1.12 bits per heavy atom. The van der Waals surface area contributed by atoms with Crippen molar-refractivity contribution in [1.82, 2.24) is 4.90 Å². The Morgan fingerprint density at radius 2 is 1.91 bits per heavy atom. The topological polar surface area (TPSA) is 48.0 Å². The second kappa shape index (κ2) is 11.4. The molecule has 1 heterocycles. The standard InChI is InChI=1S/C24H24ClNO4S2/c1-4-10-26-23(27)22(32-24(26)31)15-17-6-9-20(21(14-17)28-5-2)30-12-11-29-18-7-8-19(25)16(3)13-18/h4,6-9,13-15H,1,5,10-12H2,2-3H3/b22-15-. The first-order valence-corrected chi connectivity index (χ1v) is 11.7. The summed E-state index contributed by atoms with van der Waals surface area (Å²) in [5.74, 6) is 1.83. The number of halogens is 1. The molecule has 0 bridgehead atoms. The third kappa shape index (κ3) is 6.06. The zero-order valence-corrected chi connectivity index (χ0v) is 20.3. The number of aryl methyl sites for hydroxylation is 1. The van der Waals surface area contributed by atoms with E-state index in [0.717, 1.165) is 16.9 Å². The zero-order valence-electron chi connectivity index (χ0n) is 17.9. The van der Waals surface area contributed by atoms with E-state index in [2.05, 4.69) is 6.58 Å². The van der Waals surface area contributed by atoms with Crippen molar-refractivity contribution in [3.05, 3.63) is 70.1 Å². The van der Waals surface area contributed by atoms with Crippen LogP contribution in [-0.2, 0) is 4.79 Å². The number of carbonyl (C=O) groups excluding carboxylic acids is 1. The molecular weight excluding hydrogens is 466 g/mol. The maximum atomic E-state index is 12.5. The van der Waals surface area contributed by atoms with Gasteiger partial charge >= 0.3 is 0 Å². The molecule has 0 N–H and O–H groups in total. The van der Waals surface area contributed by atoms with E-state index in [9.17, 15) is 4.79 Å². The number of carbonyl (C=O) groups is 1. The smallest absolute Gasteiger partial charge is 0.266 e. The Hall–Kier alpha value is -2.48. The van der Waals surface area contributed by atoms with Crippen molar-refractivity contribution in [3.63, 3.8) is 0 Å². The highest BCUT2D eigenvalue weighted by Gasteiger charge is 2.31. The average Bonchev–Trinajstić information content (AvgIpc) is 3.03. The number of benzene rings is 2. The number of nitrogens with zero attached hydrogens (tertiary/aromatic N) is 1. The normalized spacial score (nSPS) is 14.7. The molecule has 2 aromatic carbocycles. The molecule has 1 fully saturated rings. The van der Waals surface area contributed by atoms with E-state index in [1.165, 1.54) is 16.7 Å². The molecular formula is C24H24ClNO4S2. The minimum absolute atomic E-state index is 0.118. The van der Waals surface area contributed by atoms with Crippen LogP contribution in [0.1, 0.15) is 18.1 Å². The van der Waals surface area contributed by atoms with E-state index in [4.69, 9.17) is 38.0 Å². The van der Waals surface area contributed by atoms with Crippen molar-refractivity contribution in [2.75, 3.05) is 26.4 Å². The molecule has 0 spiro atoms. The lowest BCUT2D eigenvalue weighted by atomic mass is 10.2. The molecule has 3 rings (SSSR count). The number of hydrogen-bond acceptors (Lipinski definition) is 6. The lowest BCUT2D eigenvalue weighted by Gasteiger charge is -2.13. The number of amides is 1. The number of thiocarbonyl (C=S) groups is 1. The van der Waals surface area contributed by atoms with Gasteiger partial charge in [0.25, 0.3) is 5.91 Å². The Kier molecular flexibility index (Phi) is 8.61. The van der Waals surface area contributed by atoms with Crippen molar-refractivity contribution < 1.29 is 19.0 Å². The van der Waals surface area contributed by atoms with E-state index in [-0.39, 0.29) is 5.91 Å². The number of ether oxygens (including phenoxy) is 3. The molecule has 1 aliphatic heterocycles. The Bertz CT molecular complexity index is 1050. The third-order valence-corrected chi connectivity index (χ3v) is 6.29. The lowest BCUT2D eigenvalue weighted by molar-refractivity contribution is -0.121. The third-order valence-electron chi connectivity index (χ3n) is 4.49. The fraction of sp³-hybridized carbons (Fsp3) is 0.250. The average molecular weight is 490 g/mol. The van der Waals surface area contributed by atoms with Gasteiger partial charge in [-0.05, 0) is 61.4 Å². The van der Waals surface area contributed by atoms with Gasteiger partial charge in [0.2, 0.25) is 0 Å². The van der Waals surface area contributed by atoms with Crippen LogP contribution >= 0.6 is 35.6 Å². The van der Waals surface area contributed by atoms with Crippen LogP contribution in [0.3, 0.4) is 0 Å². The molecule has 1 amide bonds. The minimum Gasteiger partial charge on any atom is -0.490 e. The Labute approximate surface area is 203 Å². The summed E-state index contributed by atoms with van der Waals surface area (Å²) in [6.45, 7) is 9.12. The Balaban J connectivity index is 1.65. The maximum Gasteiger partial charge on any atom is 0.266 e. The first kappa shape index (κ1) is 24.2. The molecule has 0 atom stereocenters. The van der Waals surface area contributed by atoms with Crippen LogP contribution < -0.4 is 14.2 Å². The monoisotopic (exact) mass is 489 g/mol. The molecule has 8 heteroatoms. The highest BCUT2D eigenvalue weighted by molar-refractivity contribution is 8.26. The van der Waals surface area contributed by atoms with Gasteiger partial charge in [0.05, 0.1) is 11.5 Å². The Morgan fingerprint density at radius 3 is 2.62 bits per heavy atom. The summed E-state index contributed by atoms with van der Waals surface area (Å²) < 4.78 is 17.9. The summed E-state index contributed by atoms with van der Waals surface area (Å²) >= 11 is 12.6. The zero-order chi connectivity index (χ0) is 23.1. The quantitative estimate of drug-likeness (QED) is 0.179. The minimum atomic E-state index is -0.118. The van der Waals surface area contributed by atoms with Crippen LogP contribution in [-0.4, -0.2) is 41.5 Å². The van der Waals surface area contributed by atoms with Crippen LogP contribution in [0.25, 0.3) is 6.08 Å². The van der Waals surface area contributed by atoms with Crippen LogP contribution in [0.15, 0.2) is 54.0 Å². The highest BCUT2D eigenvalue weighted by Crippen LogP contribution is 2.35. The van der Waals surface area contributed by atoms with Crippen molar-refractivity contribution in [2.45, 2.75) is 13.8 Å². The molecule has 1 aliphatic rings. The largest absolute Gasteiger partial charge is 0.490 e. The van der Waals surface area contributed by atoms with Crippen molar-refractivity contribution in [2.24, 2.45) is 0 Å². The van der Waals surface area contributed by atoms with Gasteiger partial charge in [-0.1, -0.05) is 47.7 Å². The van der Waals surface area contributed by atoms with E-state index < -0.39 is 0 Å². The second-order valence-corrected chi connectivity index (χ2v) is 8.91. The van der Waals surface area contributed by atoms with Crippen molar-refractivity contribution >= 4 is 51.9 Å². The van der Waals surface area contributed by atoms with Gasteiger partial charge in [0.15, 0.2) is 11.5 Å². The predicted molar refractivity (Wildman–Crippen MR) is 135 cm³/mol. The summed E-state index contributed by atoms with van der Waals surface area (Å²) in [6.07, 6.45) is 3.46. The van der Waals surface area contributed by atoms with Crippen molar-refractivity contribution in [3.8, 4) is 17.2 Å². The molecule has 168 valence electrons. The number of rotatable bonds is 10. The number of thioether (sulfide) groups is 1. The molecule has 0 unspecified atom stereocenters. The molecule has 5 nitrogen and oxygen atoms in total. The van der Waals surface area contributed by atoms with Crippen LogP contribution in [0, 0.1) is 6.92 Å². The van der Waals surface area contributed by atoms with Crippen molar-refractivity contribution in [1.29, 1.82) is 0 Å². The van der Waals surface area contributed by atoms with E-state index in [0.29, 0.717) is 52.1 Å². The first-order chi connectivity index (χ1) is 15.4. The summed E-state index contributed by atoms with van der Waals surface area (Å²) in [6, 6.07) is 11.1. The summed E-state index contributed by atoms with van der Waals surface area (Å²) in [7, 11) is 0. The first-order valence-electron chi connectivity index (χ1n) is 10.1.